The molecule has 92 valence electrons. The fourth-order valence-electron chi connectivity index (χ4n) is 1.24. The summed E-state index contributed by atoms with van der Waals surface area (Å²) in [5, 5.41) is 1.89. The van der Waals surface area contributed by atoms with E-state index in [0.717, 1.165) is 0 Å². The Morgan fingerprint density at radius 2 is 2.24 bits per heavy atom. The molecule has 17 heavy (non-hydrogen) atoms. The number of ether oxygens (including phenoxy) is 1. The lowest BCUT2D eigenvalue weighted by atomic mass is 10.2. The Bertz CT molecular complexity index is 559. The van der Waals surface area contributed by atoms with E-state index in [2.05, 4.69) is 9.97 Å². The van der Waals surface area contributed by atoms with E-state index in [9.17, 15) is 9.59 Å². The van der Waals surface area contributed by atoms with Crippen molar-refractivity contribution in [3.05, 3.63) is 27.6 Å². The third kappa shape index (κ3) is 2.71. The molecule has 0 unspecified atom stereocenters. The van der Waals surface area contributed by atoms with Gasteiger partial charge < -0.3 is 9.72 Å². The zero-order valence-corrected chi connectivity index (χ0v) is 10.8. The van der Waals surface area contributed by atoms with Gasteiger partial charge in [-0.1, -0.05) is 13.8 Å². The molecule has 0 spiro atoms. The maximum atomic E-state index is 11.5. The normalized spacial score (nSPS) is 9.59. The van der Waals surface area contributed by atoms with Crippen LogP contribution in [0.5, 0.6) is 0 Å². The van der Waals surface area contributed by atoms with E-state index >= 15 is 0 Å². The van der Waals surface area contributed by atoms with Crippen molar-refractivity contribution in [3.8, 4) is 0 Å². The predicted octanol–water partition coefficient (Wildman–Crippen LogP) is 2.19. The molecule has 0 fully saturated rings. The first-order valence-electron chi connectivity index (χ1n) is 5.36. The van der Waals surface area contributed by atoms with Crippen molar-refractivity contribution in [1.82, 2.24) is 9.97 Å². The van der Waals surface area contributed by atoms with E-state index in [4.69, 9.17) is 4.74 Å². The first kappa shape index (κ1) is 13.4. The third-order valence-electron chi connectivity index (χ3n) is 1.87. The highest BCUT2D eigenvalue weighted by atomic mass is 32.1. The fraction of sp³-hybridized carbons (Fsp3) is 0.364. The van der Waals surface area contributed by atoms with Crippen molar-refractivity contribution in [2.75, 3.05) is 6.61 Å². The van der Waals surface area contributed by atoms with Crippen molar-refractivity contribution >= 4 is 27.5 Å². The second-order valence-electron chi connectivity index (χ2n) is 2.78. The number of carbonyl (C=O) groups excluding carboxylic acids is 1. The standard InChI is InChI=1S/C9H8N2O3S.C2H6/c1-2-14-9(13)5-3-15-8-6(5)7(12)10-4-11-8;1-2/h3-4H,2H2,1H3,(H,10,11,12);1-2H3. The molecule has 2 aromatic rings. The molecular formula is C11H14N2O3S. The summed E-state index contributed by atoms with van der Waals surface area (Å²) in [6.45, 7) is 6.00. The minimum absolute atomic E-state index is 0.284. The molecule has 0 bridgehead atoms. The third-order valence-corrected chi connectivity index (χ3v) is 2.76. The average Bonchev–Trinajstić information content (AvgIpc) is 2.77. The van der Waals surface area contributed by atoms with Crippen LogP contribution < -0.4 is 5.56 Å². The Balaban J connectivity index is 0.000000686. The molecule has 0 saturated carbocycles. The molecule has 5 nitrogen and oxygen atoms in total. The molecule has 1 N–H and O–H groups in total. The maximum Gasteiger partial charge on any atom is 0.339 e. The first-order valence-corrected chi connectivity index (χ1v) is 6.24. The highest BCUT2D eigenvalue weighted by Gasteiger charge is 2.16. The number of hydrogen-bond donors (Lipinski definition) is 1. The number of H-pyrrole nitrogens is 1. The Hall–Kier alpha value is -1.69. The summed E-state index contributed by atoms with van der Waals surface area (Å²) in [5.74, 6) is -0.484. The molecule has 6 heteroatoms. The van der Waals surface area contributed by atoms with Gasteiger partial charge >= 0.3 is 5.97 Å². The van der Waals surface area contributed by atoms with Gasteiger partial charge in [0.2, 0.25) is 0 Å². The van der Waals surface area contributed by atoms with Crippen molar-refractivity contribution in [1.29, 1.82) is 0 Å². The molecule has 0 aliphatic carbocycles. The number of hydrogen-bond acceptors (Lipinski definition) is 5. The molecule has 0 saturated heterocycles. The minimum atomic E-state index is -0.484. The molecule has 0 aromatic carbocycles. The van der Waals surface area contributed by atoms with Gasteiger partial charge in [0.1, 0.15) is 4.83 Å². The van der Waals surface area contributed by atoms with Crippen LogP contribution in [0.4, 0.5) is 0 Å². The van der Waals surface area contributed by atoms with E-state index in [1.54, 1.807) is 12.3 Å². The molecule has 0 atom stereocenters. The van der Waals surface area contributed by atoms with Gasteiger partial charge in [-0.25, -0.2) is 9.78 Å². The number of nitrogens with zero attached hydrogens (tertiary/aromatic N) is 1. The van der Waals surface area contributed by atoms with Crippen LogP contribution in [0.15, 0.2) is 16.5 Å². The summed E-state index contributed by atoms with van der Waals surface area (Å²) in [5.41, 5.74) is -0.0319. The van der Waals surface area contributed by atoms with Crippen molar-refractivity contribution < 1.29 is 9.53 Å². The van der Waals surface area contributed by atoms with E-state index in [-0.39, 0.29) is 17.7 Å². The van der Waals surface area contributed by atoms with Crippen LogP contribution >= 0.6 is 11.3 Å². The Morgan fingerprint density at radius 1 is 1.53 bits per heavy atom. The lowest BCUT2D eigenvalue weighted by Crippen LogP contribution is -2.11. The van der Waals surface area contributed by atoms with Crippen LogP contribution in [0.2, 0.25) is 0 Å². The van der Waals surface area contributed by atoms with Crippen molar-refractivity contribution in [2.45, 2.75) is 20.8 Å². The zero-order chi connectivity index (χ0) is 12.8. The average molecular weight is 254 g/mol. The summed E-state index contributed by atoms with van der Waals surface area (Å²) < 4.78 is 4.84. The Labute approximate surface area is 102 Å². The van der Waals surface area contributed by atoms with Gasteiger partial charge in [0.15, 0.2) is 0 Å². The van der Waals surface area contributed by atoms with Gasteiger partial charge in [-0.3, -0.25) is 4.79 Å². The molecule has 2 heterocycles. The number of rotatable bonds is 2. The molecular weight excluding hydrogens is 240 g/mol. The Morgan fingerprint density at radius 3 is 2.88 bits per heavy atom. The molecule has 0 aliphatic rings. The summed E-state index contributed by atoms with van der Waals surface area (Å²) in [7, 11) is 0. The van der Waals surface area contributed by atoms with Crippen LogP contribution in [0.1, 0.15) is 31.1 Å². The lowest BCUT2D eigenvalue weighted by Gasteiger charge is -1.98. The number of aromatic amines is 1. The smallest absolute Gasteiger partial charge is 0.339 e. The molecule has 0 amide bonds. The Kier molecular flexibility index (Phi) is 4.84. The van der Waals surface area contributed by atoms with Gasteiger partial charge in [-0.2, -0.15) is 0 Å². The number of aromatic nitrogens is 2. The number of carbonyl (C=O) groups is 1. The SMILES string of the molecule is CC.CCOC(=O)c1csc2nc[nH]c(=O)c12. The first-order chi connectivity index (χ1) is 8.24. The maximum absolute atomic E-state index is 11.5. The number of fused-ring (bicyclic) bond motifs is 1. The largest absolute Gasteiger partial charge is 0.462 e. The van der Waals surface area contributed by atoms with Crippen LogP contribution in [-0.2, 0) is 4.74 Å². The van der Waals surface area contributed by atoms with Gasteiger partial charge in [0.25, 0.3) is 5.56 Å². The second kappa shape index (κ2) is 6.15. The number of thiophene rings is 1. The van der Waals surface area contributed by atoms with Crippen LogP contribution in [0.25, 0.3) is 10.2 Å². The highest BCUT2D eigenvalue weighted by Crippen LogP contribution is 2.20. The van der Waals surface area contributed by atoms with E-state index in [1.807, 2.05) is 13.8 Å². The van der Waals surface area contributed by atoms with Gasteiger partial charge in [-0.05, 0) is 6.92 Å². The van der Waals surface area contributed by atoms with Gasteiger partial charge in [-0.15, -0.1) is 11.3 Å². The molecule has 2 rings (SSSR count). The molecule has 0 aliphatic heterocycles. The van der Waals surface area contributed by atoms with Gasteiger partial charge in [0.05, 0.1) is 23.9 Å². The van der Waals surface area contributed by atoms with Crippen LogP contribution in [-0.4, -0.2) is 22.5 Å². The van der Waals surface area contributed by atoms with Crippen LogP contribution in [0.3, 0.4) is 0 Å². The highest BCUT2D eigenvalue weighted by molar-refractivity contribution is 7.17. The predicted molar refractivity (Wildman–Crippen MR) is 67.5 cm³/mol. The van der Waals surface area contributed by atoms with Gasteiger partial charge in [0, 0.05) is 5.38 Å². The van der Waals surface area contributed by atoms with Crippen molar-refractivity contribution in [2.24, 2.45) is 0 Å². The van der Waals surface area contributed by atoms with E-state index in [0.29, 0.717) is 10.2 Å². The molecule has 0 radical (unpaired) electrons. The van der Waals surface area contributed by atoms with E-state index < -0.39 is 5.97 Å². The van der Waals surface area contributed by atoms with Crippen molar-refractivity contribution in [3.63, 3.8) is 0 Å². The summed E-state index contributed by atoms with van der Waals surface area (Å²) in [6, 6.07) is 0. The lowest BCUT2D eigenvalue weighted by molar-refractivity contribution is 0.0529. The molecule has 2 aromatic heterocycles. The van der Waals surface area contributed by atoms with Crippen LogP contribution in [0, 0.1) is 0 Å². The summed E-state index contributed by atoms with van der Waals surface area (Å²) >= 11 is 1.25. The second-order valence-corrected chi connectivity index (χ2v) is 3.64. The summed E-state index contributed by atoms with van der Waals surface area (Å²) in [6.07, 6.45) is 1.32. The number of nitrogens with one attached hydrogen (secondary N) is 1. The van der Waals surface area contributed by atoms with E-state index in [1.165, 1.54) is 17.7 Å². The minimum Gasteiger partial charge on any atom is -0.462 e. The fourth-order valence-corrected chi connectivity index (χ4v) is 2.12. The quantitative estimate of drug-likeness (QED) is 0.834. The monoisotopic (exact) mass is 254 g/mol. The summed E-state index contributed by atoms with van der Waals surface area (Å²) in [4.78, 5) is 29.9. The zero-order valence-electron chi connectivity index (χ0n) is 9.94. The number of esters is 1. The topological polar surface area (TPSA) is 72.0 Å².